The Bertz CT molecular complexity index is 414. The Morgan fingerprint density at radius 2 is 1.85 bits per heavy atom. The Balaban J connectivity index is 2.43. The van der Waals surface area contributed by atoms with Crippen LogP contribution in [0.1, 0.15) is 32.8 Å². The molecule has 4 nitrogen and oxygen atoms in total. The van der Waals surface area contributed by atoms with Crippen molar-refractivity contribution < 1.29 is 14.6 Å². The molecule has 112 valence electrons. The number of hydrogen-bond acceptors (Lipinski definition) is 3. The van der Waals surface area contributed by atoms with E-state index in [-0.39, 0.29) is 11.7 Å². The second-order valence-corrected chi connectivity index (χ2v) is 5.56. The molecule has 0 heterocycles. The van der Waals surface area contributed by atoms with E-state index in [9.17, 15) is 9.90 Å². The molecule has 1 rings (SSSR count). The number of likely N-dealkylation sites (N-methyl/N-ethyl adjacent to an activating group) is 1. The molecular weight excluding hydrogens is 254 g/mol. The summed E-state index contributed by atoms with van der Waals surface area (Å²) in [6.45, 7) is 7.17. The quantitative estimate of drug-likeness (QED) is 0.835. The highest BCUT2D eigenvalue weighted by Gasteiger charge is 2.18. The molecule has 1 aromatic rings. The van der Waals surface area contributed by atoms with Crippen molar-refractivity contribution in [2.24, 2.45) is 5.92 Å². The Morgan fingerprint density at radius 1 is 1.25 bits per heavy atom. The van der Waals surface area contributed by atoms with E-state index in [0.29, 0.717) is 19.1 Å². The zero-order chi connectivity index (χ0) is 15.1. The van der Waals surface area contributed by atoms with E-state index in [1.807, 2.05) is 12.1 Å². The lowest BCUT2D eigenvalue weighted by Crippen LogP contribution is -2.36. The van der Waals surface area contributed by atoms with Crippen LogP contribution in [0.3, 0.4) is 0 Å². The van der Waals surface area contributed by atoms with Crippen molar-refractivity contribution in [1.82, 2.24) is 4.90 Å². The summed E-state index contributed by atoms with van der Waals surface area (Å²) in [6.07, 6.45) is 0.537. The average molecular weight is 279 g/mol. The number of hydrogen-bond donors (Lipinski definition) is 1. The minimum absolute atomic E-state index is 0.0261. The third-order valence-corrected chi connectivity index (χ3v) is 3.14. The van der Waals surface area contributed by atoms with Crippen LogP contribution in [-0.4, -0.2) is 35.7 Å². The lowest BCUT2D eigenvalue weighted by Gasteiger charge is -2.22. The van der Waals surface area contributed by atoms with Gasteiger partial charge in [0.05, 0.1) is 0 Å². The van der Waals surface area contributed by atoms with E-state index in [2.05, 4.69) is 13.8 Å². The molecule has 4 heteroatoms. The highest BCUT2D eigenvalue weighted by Crippen LogP contribution is 2.12. The maximum atomic E-state index is 12.1. The molecule has 0 aliphatic carbocycles. The van der Waals surface area contributed by atoms with E-state index in [1.165, 1.54) is 0 Å². The molecule has 1 N–H and O–H groups in total. The fraction of sp³-hybridized carbons (Fsp3) is 0.562. The Kier molecular flexibility index (Phi) is 6.52. The van der Waals surface area contributed by atoms with Gasteiger partial charge in [0.15, 0.2) is 0 Å². The number of ether oxygens (including phenoxy) is 1. The van der Waals surface area contributed by atoms with Gasteiger partial charge in [0.2, 0.25) is 0 Å². The first-order valence-electron chi connectivity index (χ1n) is 7.04. The molecule has 0 aromatic heterocycles. The van der Waals surface area contributed by atoms with Gasteiger partial charge in [0, 0.05) is 20.2 Å². The van der Waals surface area contributed by atoms with Crippen molar-refractivity contribution in [3.05, 3.63) is 29.8 Å². The largest absolute Gasteiger partial charge is 0.508 e. The predicted molar refractivity (Wildman–Crippen MR) is 79.4 cm³/mol. The summed E-state index contributed by atoms with van der Waals surface area (Å²) in [6, 6.07) is 6.86. The SMILES string of the molecule is CC(C)CCOC(C)C(=O)N(C)Cc1ccc(O)cc1. The number of aromatic hydroxyl groups is 1. The number of phenolic OH excluding ortho intramolecular Hbond substituents is 1. The lowest BCUT2D eigenvalue weighted by molar-refractivity contribution is -0.142. The van der Waals surface area contributed by atoms with Crippen LogP contribution in [0.4, 0.5) is 0 Å². The van der Waals surface area contributed by atoms with Gasteiger partial charge < -0.3 is 14.7 Å². The third-order valence-electron chi connectivity index (χ3n) is 3.14. The molecule has 0 saturated carbocycles. The second kappa shape index (κ2) is 7.90. The molecule has 20 heavy (non-hydrogen) atoms. The van der Waals surface area contributed by atoms with Gasteiger partial charge in [0.25, 0.3) is 5.91 Å². The van der Waals surface area contributed by atoms with Crippen LogP contribution in [0.5, 0.6) is 5.75 Å². The van der Waals surface area contributed by atoms with Crippen LogP contribution in [0.15, 0.2) is 24.3 Å². The molecule has 0 fully saturated rings. The van der Waals surface area contributed by atoms with E-state index in [1.54, 1.807) is 31.0 Å². The average Bonchev–Trinajstić information content (AvgIpc) is 2.39. The Morgan fingerprint density at radius 3 is 2.40 bits per heavy atom. The topological polar surface area (TPSA) is 49.8 Å². The zero-order valence-corrected chi connectivity index (χ0v) is 12.8. The molecule has 1 amide bonds. The smallest absolute Gasteiger partial charge is 0.251 e. The zero-order valence-electron chi connectivity index (χ0n) is 12.8. The van der Waals surface area contributed by atoms with Crippen molar-refractivity contribution >= 4 is 5.91 Å². The Labute approximate surface area is 121 Å². The first-order chi connectivity index (χ1) is 9.40. The van der Waals surface area contributed by atoms with Crippen molar-refractivity contribution in [2.75, 3.05) is 13.7 Å². The minimum Gasteiger partial charge on any atom is -0.508 e. The summed E-state index contributed by atoms with van der Waals surface area (Å²) in [5, 5.41) is 9.23. The highest BCUT2D eigenvalue weighted by molar-refractivity contribution is 5.80. The lowest BCUT2D eigenvalue weighted by atomic mass is 10.1. The Hall–Kier alpha value is -1.55. The summed E-state index contributed by atoms with van der Waals surface area (Å²) in [5.74, 6) is 0.780. The van der Waals surface area contributed by atoms with E-state index < -0.39 is 6.10 Å². The van der Waals surface area contributed by atoms with Crippen molar-refractivity contribution in [1.29, 1.82) is 0 Å². The van der Waals surface area contributed by atoms with Gasteiger partial charge in [0.1, 0.15) is 11.9 Å². The van der Waals surface area contributed by atoms with Crippen LogP contribution in [0, 0.1) is 5.92 Å². The van der Waals surface area contributed by atoms with Crippen LogP contribution < -0.4 is 0 Å². The molecule has 0 spiro atoms. The maximum absolute atomic E-state index is 12.1. The molecular formula is C16H25NO3. The number of phenols is 1. The van der Waals surface area contributed by atoms with Gasteiger partial charge in [-0.1, -0.05) is 26.0 Å². The molecule has 0 radical (unpaired) electrons. The maximum Gasteiger partial charge on any atom is 0.251 e. The van der Waals surface area contributed by atoms with Gasteiger partial charge in [-0.25, -0.2) is 0 Å². The van der Waals surface area contributed by atoms with Gasteiger partial charge in [-0.15, -0.1) is 0 Å². The van der Waals surface area contributed by atoms with Gasteiger partial charge in [-0.3, -0.25) is 4.79 Å². The van der Waals surface area contributed by atoms with Crippen LogP contribution >= 0.6 is 0 Å². The number of benzene rings is 1. The van der Waals surface area contributed by atoms with E-state index in [4.69, 9.17) is 4.74 Å². The fourth-order valence-electron chi connectivity index (χ4n) is 1.82. The molecule has 1 atom stereocenters. The summed E-state index contributed by atoms with van der Waals surface area (Å²) in [7, 11) is 1.76. The number of amides is 1. The van der Waals surface area contributed by atoms with Crippen molar-refractivity contribution in [3.63, 3.8) is 0 Å². The first kappa shape index (κ1) is 16.5. The van der Waals surface area contributed by atoms with Gasteiger partial charge in [-0.2, -0.15) is 0 Å². The van der Waals surface area contributed by atoms with Crippen molar-refractivity contribution in [3.8, 4) is 5.75 Å². The molecule has 0 saturated heterocycles. The van der Waals surface area contributed by atoms with Crippen molar-refractivity contribution in [2.45, 2.75) is 39.8 Å². The summed E-state index contributed by atoms with van der Waals surface area (Å²) in [5.41, 5.74) is 0.980. The predicted octanol–water partition coefficient (Wildman–Crippen LogP) is 2.80. The van der Waals surface area contributed by atoms with E-state index >= 15 is 0 Å². The standard InChI is InChI=1S/C16H25NO3/c1-12(2)9-10-20-13(3)16(19)17(4)11-14-5-7-15(18)8-6-14/h5-8,12-13,18H,9-11H2,1-4H3. The van der Waals surface area contributed by atoms with Gasteiger partial charge in [-0.05, 0) is 37.0 Å². The normalized spacial score (nSPS) is 12.4. The monoisotopic (exact) mass is 279 g/mol. The number of rotatable bonds is 7. The first-order valence-corrected chi connectivity index (χ1v) is 7.04. The molecule has 1 unspecified atom stereocenters. The summed E-state index contributed by atoms with van der Waals surface area (Å²) < 4.78 is 5.56. The molecule has 0 aliphatic rings. The highest BCUT2D eigenvalue weighted by atomic mass is 16.5. The second-order valence-electron chi connectivity index (χ2n) is 5.56. The number of nitrogens with zero attached hydrogens (tertiary/aromatic N) is 1. The van der Waals surface area contributed by atoms with Crippen LogP contribution in [0.25, 0.3) is 0 Å². The molecule has 0 aliphatic heterocycles. The fourth-order valence-corrected chi connectivity index (χ4v) is 1.82. The molecule has 1 aromatic carbocycles. The van der Waals surface area contributed by atoms with Crippen LogP contribution in [0.2, 0.25) is 0 Å². The van der Waals surface area contributed by atoms with Gasteiger partial charge >= 0.3 is 0 Å². The summed E-state index contributed by atoms with van der Waals surface area (Å²) in [4.78, 5) is 13.8. The molecule has 0 bridgehead atoms. The van der Waals surface area contributed by atoms with Crippen LogP contribution in [-0.2, 0) is 16.1 Å². The number of carbonyl (C=O) groups excluding carboxylic acids is 1. The van der Waals surface area contributed by atoms with E-state index in [0.717, 1.165) is 12.0 Å². The summed E-state index contributed by atoms with van der Waals surface area (Å²) >= 11 is 0. The minimum atomic E-state index is -0.420. The number of carbonyl (C=O) groups is 1. The third kappa shape index (κ3) is 5.61.